The number of esters is 1. The Labute approximate surface area is 98.5 Å². The second kappa shape index (κ2) is 5.62. The molecule has 0 saturated carbocycles. The fraction of sp³-hybridized carbons (Fsp3) is 0.700. The van der Waals surface area contributed by atoms with Crippen molar-refractivity contribution in [2.45, 2.75) is 25.4 Å². The molecule has 1 amide bonds. The largest absolute Gasteiger partial charge is 0.480 e. The molecule has 0 aromatic carbocycles. The van der Waals surface area contributed by atoms with Crippen LogP contribution in [0.5, 0.6) is 0 Å². The van der Waals surface area contributed by atoms with Crippen LogP contribution < -0.4 is 10.6 Å². The Morgan fingerprint density at radius 3 is 2.59 bits per heavy atom. The molecule has 96 valence electrons. The van der Waals surface area contributed by atoms with E-state index in [1.165, 1.54) is 14.0 Å². The SMILES string of the molecule is COC(=O)C1CC(C(=O)O)NC1CNC(C)=O. The maximum absolute atomic E-state index is 11.5. The Kier molecular flexibility index (Phi) is 4.45. The number of ether oxygens (including phenoxy) is 1. The minimum atomic E-state index is -1.01. The molecule has 1 rings (SSSR count). The van der Waals surface area contributed by atoms with Gasteiger partial charge in [0.1, 0.15) is 6.04 Å². The number of carboxylic acids is 1. The van der Waals surface area contributed by atoms with Crippen LogP contribution in [0, 0.1) is 5.92 Å². The molecule has 1 fully saturated rings. The predicted octanol–water partition coefficient (Wildman–Crippen LogP) is -1.27. The number of aliphatic carboxylic acids is 1. The molecule has 7 nitrogen and oxygen atoms in total. The number of hydrogen-bond donors (Lipinski definition) is 3. The third-order valence-corrected chi connectivity index (χ3v) is 2.76. The molecule has 0 aliphatic carbocycles. The molecule has 3 atom stereocenters. The van der Waals surface area contributed by atoms with Gasteiger partial charge in [-0.05, 0) is 6.42 Å². The lowest BCUT2D eigenvalue weighted by Crippen LogP contribution is -2.44. The van der Waals surface area contributed by atoms with Gasteiger partial charge < -0.3 is 15.2 Å². The van der Waals surface area contributed by atoms with E-state index < -0.39 is 29.9 Å². The molecule has 0 bridgehead atoms. The predicted molar refractivity (Wildman–Crippen MR) is 57.2 cm³/mol. The van der Waals surface area contributed by atoms with Gasteiger partial charge in [0, 0.05) is 19.5 Å². The highest BCUT2D eigenvalue weighted by Crippen LogP contribution is 2.21. The lowest BCUT2D eigenvalue weighted by Gasteiger charge is -2.17. The van der Waals surface area contributed by atoms with E-state index in [-0.39, 0.29) is 18.9 Å². The average molecular weight is 244 g/mol. The van der Waals surface area contributed by atoms with Crippen LogP contribution in [0.15, 0.2) is 0 Å². The van der Waals surface area contributed by atoms with Gasteiger partial charge >= 0.3 is 11.9 Å². The molecule has 0 spiro atoms. The Hall–Kier alpha value is -1.63. The molecule has 0 aromatic heterocycles. The van der Waals surface area contributed by atoms with E-state index in [1.807, 2.05) is 0 Å². The van der Waals surface area contributed by atoms with Crippen LogP contribution in [-0.4, -0.2) is 48.7 Å². The third kappa shape index (κ3) is 3.42. The summed E-state index contributed by atoms with van der Waals surface area (Å²) >= 11 is 0. The topological polar surface area (TPSA) is 105 Å². The highest BCUT2D eigenvalue weighted by atomic mass is 16.5. The first-order chi connectivity index (χ1) is 7.95. The summed E-state index contributed by atoms with van der Waals surface area (Å²) in [6, 6.07) is -1.19. The maximum atomic E-state index is 11.5. The number of amides is 1. The van der Waals surface area contributed by atoms with Crippen molar-refractivity contribution in [2.24, 2.45) is 5.92 Å². The van der Waals surface area contributed by atoms with E-state index in [1.54, 1.807) is 0 Å². The fourth-order valence-corrected chi connectivity index (χ4v) is 1.90. The van der Waals surface area contributed by atoms with Crippen LogP contribution in [0.1, 0.15) is 13.3 Å². The standard InChI is InChI=1S/C10H16N2O5/c1-5(13)11-4-8-6(10(16)17-2)3-7(12-8)9(14)15/h6-8,12H,3-4H2,1-2H3,(H,11,13)(H,14,15). The van der Waals surface area contributed by atoms with E-state index in [0.717, 1.165) is 0 Å². The lowest BCUT2D eigenvalue weighted by atomic mass is 9.99. The van der Waals surface area contributed by atoms with Gasteiger partial charge in [-0.1, -0.05) is 0 Å². The number of rotatable bonds is 4. The maximum Gasteiger partial charge on any atom is 0.320 e. The molecule has 7 heteroatoms. The Morgan fingerprint density at radius 1 is 1.47 bits per heavy atom. The monoisotopic (exact) mass is 244 g/mol. The first-order valence-corrected chi connectivity index (χ1v) is 5.26. The minimum absolute atomic E-state index is 0.173. The third-order valence-electron chi connectivity index (χ3n) is 2.76. The summed E-state index contributed by atoms with van der Waals surface area (Å²) in [5, 5.41) is 14.2. The van der Waals surface area contributed by atoms with Crippen LogP contribution in [0.2, 0.25) is 0 Å². The molecule has 1 heterocycles. The van der Waals surface area contributed by atoms with Crippen molar-refractivity contribution in [3.05, 3.63) is 0 Å². The quantitative estimate of drug-likeness (QED) is 0.532. The van der Waals surface area contributed by atoms with Gasteiger partial charge in [0.2, 0.25) is 5.91 Å². The van der Waals surface area contributed by atoms with Gasteiger partial charge in [0.15, 0.2) is 0 Å². The summed E-state index contributed by atoms with van der Waals surface area (Å²) < 4.78 is 4.61. The molecule has 0 aromatic rings. The van der Waals surface area contributed by atoms with Gasteiger partial charge in [0.05, 0.1) is 13.0 Å². The van der Waals surface area contributed by atoms with Crippen molar-refractivity contribution in [2.75, 3.05) is 13.7 Å². The van der Waals surface area contributed by atoms with Crippen molar-refractivity contribution in [3.8, 4) is 0 Å². The van der Waals surface area contributed by atoms with E-state index in [9.17, 15) is 14.4 Å². The Bertz CT molecular complexity index is 331. The summed E-state index contributed by atoms with van der Waals surface area (Å²) in [6.07, 6.45) is 0.173. The second-order valence-corrected chi connectivity index (χ2v) is 3.97. The number of carboxylic acid groups (broad SMARTS) is 1. The number of methoxy groups -OCH3 is 1. The average Bonchev–Trinajstić information content (AvgIpc) is 2.69. The summed E-state index contributed by atoms with van der Waals surface area (Å²) in [4.78, 5) is 33.1. The summed E-state index contributed by atoms with van der Waals surface area (Å²) in [5.74, 6) is -2.25. The van der Waals surface area contributed by atoms with E-state index in [4.69, 9.17) is 5.11 Å². The molecule has 17 heavy (non-hydrogen) atoms. The summed E-state index contributed by atoms with van der Waals surface area (Å²) in [6.45, 7) is 1.57. The van der Waals surface area contributed by atoms with Gasteiger partial charge in [-0.3, -0.25) is 19.7 Å². The lowest BCUT2D eigenvalue weighted by molar-refractivity contribution is -0.146. The van der Waals surface area contributed by atoms with Crippen molar-refractivity contribution < 1.29 is 24.2 Å². The molecule has 3 unspecified atom stereocenters. The summed E-state index contributed by atoms with van der Waals surface area (Å²) in [7, 11) is 1.26. The van der Waals surface area contributed by atoms with Crippen LogP contribution in [0.25, 0.3) is 0 Å². The molecule has 0 radical (unpaired) electrons. The highest BCUT2D eigenvalue weighted by molar-refractivity contribution is 5.79. The van der Waals surface area contributed by atoms with Crippen LogP contribution in [0.4, 0.5) is 0 Å². The van der Waals surface area contributed by atoms with Gasteiger partial charge in [-0.2, -0.15) is 0 Å². The van der Waals surface area contributed by atoms with Crippen molar-refractivity contribution in [1.29, 1.82) is 0 Å². The van der Waals surface area contributed by atoms with Crippen molar-refractivity contribution in [1.82, 2.24) is 10.6 Å². The Balaban J connectivity index is 2.66. The minimum Gasteiger partial charge on any atom is -0.480 e. The van der Waals surface area contributed by atoms with E-state index in [2.05, 4.69) is 15.4 Å². The van der Waals surface area contributed by atoms with Crippen molar-refractivity contribution in [3.63, 3.8) is 0 Å². The van der Waals surface area contributed by atoms with Crippen LogP contribution >= 0.6 is 0 Å². The molecular formula is C10H16N2O5. The van der Waals surface area contributed by atoms with Crippen LogP contribution in [0.3, 0.4) is 0 Å². The van der Waals surface area contributed by atoms with E-state index in [0.29, 0.717) is 0 Å². The molecule has 1 aliphatic heterocycles. The van der Waals surface area contributed by atoms with Gasteiger partial charge in [0.25, 0.3) is 0 Å². The molecular weight excluding hydrogens is 228 g/mol. The molecule has 3 N–H and O–H groups in total. The fourth-order valence-electron chi connectivity index (χ4n) is 1.90. The molecule has 1 aliphatic rings. The number of nitrogens with one attached hydrogen (secondary N) is 2. The normalized spacial score (nSPS) is 27.5. The first-order valence-electron chi connectivity index (χ1n) is 5.26. The van der Waals surface area contributed by atoms with Crippen LogP contribution in [-0.2, 0) is 19.1 Å². The summed E-state index contributed by atoms with van der Waals surface area (Å²) in [5.41, 5.74) is 0. The number of carbonyl (C=O) groups excluding carboxylic acids is 2. The zero-order chi connectivity index (χ0) is 13.0. The smallest absolute Gasteiger partial charge is 0.320 e. The number of carbonyl (C=O) groups is 3. The van der Waals surface area contributed by atoms with Gasteiger partial charge in [-0.25, -0.2) is 0 Å². The molecule has 1 saturated heterocycles. The second-order valence-electron chi connectivity index (χ2n) is 3.97. The zero-order valence-electron chi connectivity index (χ0n) is 9.73. The zero-order valence-corrected chi connectivity index (χ0v) is 9.73. The Morgan fingerprint density at radius 2 is 2.12 bits per heavy atom. The highest BCUT2D eigenvalue weighted by Gasteiger charge is 2.41. The van der Waals surface area contributed by atoms with Gasteiger partial charge in [-0.15, -0.1) is 0 Å². The van der Waals surface area contributed by atoms with Crippen molar-refractivity contribution >= 4 is 17.8 Å². The first kappa shape index (κ1) is 13.4. The van der Waals surface area contributed by atoms with E-state index >= 15 is 0 Å². The number of hydrogen-bond acceptors (Lipinski definition) is 5.